The van der Waals surface area contributed by atoms with E-state index >= 15 is 0 Å². The molecule has 0 aromatic carbocycles. The molecular formula is C14H18O5. The van der Waals surface area contributed by atoms with Crippen molar-refractivity contribution in [1.82, 2.24) is 0 Å². The molecule has 5 nitrogen and oxygen atoms in total. The summed E-state index contributed by atoms with van der Waals surface area (Å²) in [4.78, 5) is 34.9. The number of Topliss-reactive ketones (excluding diaryl/α,β-unsaturated/α-hetero) is 1. The molecule has 0 aromatic heterocycles. The number of carbonyl (C=O) groups excluding carboxylic acids is 3. The van der Waals surface area contributed by atoms with Crippen LogP contribution < -0.4 is 0 Å². The van der Waals surface area contributed by atoms with Crippen LogP contribution in [0.15, 0.2) is 23.8 Å². The first-order valence-electron chi connectivity index (χ1n) is 5.92. The van der Waals surface area contributed by atoms with E-state index in [1.165, 1.54) is 6.08 Å². The minimum atomic E-state index is -1.98. The number of carbonyl (C=O) groups is 3. The molecule has 1 rings (SSSR count). The van der Waals surface area contributed by atoms with Crippen LogP contribution in [0.5, 0.6) is 0 Å². The third-order valence-corrected chi connectivity index (χ3v) is 2.54. The van der Waals surface area contributed by atoms with Crippen LogP contribution in [-0.2, 0) is 23.9 Å². The number of ketones is 1. The molecule has 0 saturated carbocycles. The lowest BCUT2D eigenvalue weighted by Gasteiger charge is -2.34. The molecule has 0 aliphatic heterocycles. The minimum Gasteiger partial charge on any atom is -0.411 e. The average molecular weight is 266 g/mol. The molecule has 0 radical (unpaired) electrons. The van der Waals surface area contributed by atoms with E-state index in [2.05, 4.69) is 0 Å². The number of esters is 2. The van der Waals surface area contributed by atoms with Crippen molar-refractivity contribution in [3.05, 3.63) is 23.8 Å². The van der Waals surface area contributed by atoms with Gasteiger partial charge in [0.2, 0.25) is 5.78 Å². The van der Waals surface area contributed by atoms with Gasteiger partial charge < -0.3 is 9.47 Å². The lowest BCUT2D eigenvalue weighted by molar-refractivity contribution is -0.208. The highest BCUT2D eigenvalue weighted by Gasteiger charge is 2.48. The fourth-order valence-corrected chi connectivity index (χ4v) is 1.81. The number of hydrogen-bond donors (Lipinski definition) is 0. The zero-order valence-corrected chi connectivity index (χ0v) is 11.8. The molecule has 0 atom stereocenters. The molecule has 0 N–H and O–H groups in total. The van der Waals surface area contributed by atoms with Crippen LogP contribution in [0.25, 0.3) is 0 Å². The van der Waals surface area contributed by atoms with Crippen LogP contribution in [0.2, 0.25) is 0 Å². The molecule has 0 heterocycles. The summed E-state index contributed by atoms with van der Waals surface area (Å²) in [5, 5.41) is 0. The zero-order chi connectivity index (χ0) is 14.8. The number of hydrogen-bond acceptors (Lipinski definition) is 5. The molecule has 1 aliphatic carbocycles. The van der Waals surface area contributed by atoms with Gasteiger partial charge in [0.25, 0.3) is 0 Å². The van der Waals surface area contributed by atoms with Gasteiger partial charge in [0, 0.05) is 25.5 Å². The summed E-state index contributed by atoms with van der Waals surface area (Å²) in [5.41, 5.74) is -0.0228. The van der Waals surface area contributed by atoms with Crippen LogP contribution in [0.1, 0.15) is 34.6 Å². The molecular weight excluding hydrogens is 248 g/mol. The van der Waals surface area contributed by atoms with E-state index in [1.54, 1.807) is 12.2 Å². The average Bonchev–Trinajstić information content (AvgIpc) is 2.18. The van der Waals surface area contributed by atoms with Gasteiger partial charge >= 0.3 is 17.7 Å². The first-order chi connectivity index (χ1) is 8.58. The summed E-state index contributed by atoms with van der Waals surface area (Å²) < 4.78 is 9.94. The first kappa shape index (κ1) is 15.1. The van der Waals surface area contributed by atoms with Crippen molar-refractivity contribution >= 4 is 17.7 Å². The summed E-state index contributed by atoms with van der Waals surface area (Å²) in [5.74, 6) is -3.91. The lowest BCUT2D eigenvalue weighted by atomic mass is 9.79. The maximum Gasteiger partial charge on any atom is 0.341 e. The van der Waals surface area contributed by atoms with Crippen LogP contribution in [0, 0.1) is 5.41 Å². The second-order valence-electron chi connectivity index (χ2n) is 5.37. The minimum absolute atomic E-state index is 0.428. The Morgan fingerprint density at radius 1 is 1.11 bits per heavy atom. The third-order valence-electron chi connectivity index (χ3n) is 2.54. The van der Waals surface area contributed by atoms with Crippen LogP contribution in [0.4, 0.5) is 0 Å². The Bertz CT molecular complexity index is 461. The highest BCUT2D eigenvalue weighted by atomic mass is 16.7. The van der Waals surface area contributed by atoms with Gasteiger partial charge in [-0.2, -0.15) is 0 Å². The Hall–Kier alpha value is -1.91. The topological polar surface area (TPSA) is 69.7 Å². The smallest absolute Gasteiger partial charge is 0.341 e. The Labute approximate surface area is 112 Å². The number of ether oxygens (including phenoxy) is 2. The third kappa shape index (κ3) is 3.30. The molecule has 0 unspecified atom stereocenters. The molecule has 1 aliphatic rings. The maximum atomic E-state index is 12.5. The van der Waals surface area contributed by atoms with Crippen LogP contribution in [-0.4, -0.2) is 23.5 Å². The second kappa shape index (κ2) is 4.99. The highest BCUT2D eigenvalue weighted by Crippen LogP contribution is 2.35. The van der Waals surface area contributed by atoms with E-state index in [0.717, 1.165) is 13.8 Å². The van der Waals surface area contributed by atoms with Crippen molar-refractivity contribution in [2.75, 3.05) is 0 Å². The standard InChI is InChI=1S/C14H18O5/c1-9(15)18-14(19-10(2)16)8-6-7-11(12(14)17)13(3,4)5/h6-8H,1-5H3. The van der Waals surface area contributed by atoms with Crippen molar-refractivity contribution in [2.45, 2.75) is 40.4 Å². The largest absolute Gasteiger partial charge is 0.411 e. The van der Waals surface area contributed by atoms with E-state index in [1.807, 2.05) is 20.8 Å². The van der Waals surface area contributed by atoms with Crippen molar-refractivity contribution in [3.8, 4) is 0 Å². The van der Waals surface area contributed by atoms with Gasteiger partial charge in [-0.1, -0.05) is 32.9 Å². The molecule has 0 amide bonds. The van der Waals surface area contributed by atoms with Gasteiger partial charge in [0.15, 0.2) is 0 Å². The van der Waals surface area contributed by atoms with Crippen molar-refractivity contribution in [1.29, 1.82) is 0 Å². The van der Waals surface area contributed by atoms with Crippen molar-refractivity contribution in [3.63, 3.8) is 0 Å². The van der Waals surface area contributed by atoms with Gasteiger partial charge in [-0.25, -0.2) is 0 Å². The molecule has 0 saturated heterocycles. The van der Waals surface area contributed by atoms with Gasteiger partial charge in [-0.15, -0.1) is 0 Å². The van der Waals surface area contributed by atoms with Crippen molar-refractivity contribution in [2.24, 2.45) is 5.41 Å². The molecule has 5 heteroatoms. The molecule has 19 heavy (non-hydrogen) atoms. The summed E-state index contributed by atoms with van der Waals surface area (Å²) in [6.45, 7) is 7.86. The Balaban J connectivity index is 3.24. The zero-order valence-electron chi connectivity index (χ0n) is 11.8. The first-order valence-corrected chi connectivity index (χ1v) is 5.92. The highest BCUT2D eigenvalue weighted by molar-refractivity contribution is 6.06. The molecule has 0 aromatic rings. The summed E-state index contributed by atoms with van der Waals surface area (Å²) in [7, 11) is 0. The van der Waals surface area contributed by atoms with Crippen molar-refractivity contribution < 1.29 is 23.9 Å². The predicted molar refractivity (Wildman–Crippen MR) is 67.9 cm³/mol. The SMILES string of the molecule is CC(=O)OC1(OC(C)=O)C=CC=C(C(C)(C)C)C1=O. The van der Waals surface area contributed by atoms with Crippen LogP contribution >= 0.6 is 0 Å². The van der Waals surface area contributed by atoms with E-state index in [0.29, 0.717) is 5.57 Å². The Morgan fingerprint density at radius 3 is 1.95 bits per heavy atom. The van der Waals surface area contributed by atoms with Gasteiger partial charge in [0.1, 0.15) is 0 Å². The van der Waals surface area contributed by atoms with Gasteiger partial charge in [-0.05, 0) is 5.41 Å². The van der Waals surface area contributed by atoms with E-state index in [4.69, 9.17) is 9.47 Å². The quantitative estimate of drug-likeness (QED) is 0.564. The monoisotopic (exact) mass is 266 g/mol. The normalized spacial score (nSPS) is 17.7. The number of rotatable bonds is 2. The molecule has 0 bridgehead atoms. The molecule has 0 fully saturated rings. The van der Waals surface area contributed by atoms with E-state index in [9.17, 15) is 14.4 Å². The summed E-state index contributed by atoms with van der Waals surface area (Å²) in [6, 6.07) is 0. The fourth-order valence-electron chi connectivity index (χ4n) is 1.81. The van der Waals surface area contributed by atoms with E-state index < -0.39 is 28.9 Å². The van der Waals surface area contributed by atoms with Gasteiger partial charge in [-0.3, -0.25) is 14.4 Å². The maximum absolute atomic E-state index is 12.5. The van der Waals surface area contributed by atoms with Crippen LogP contribution in [0.3, 0.4) is 0 Å². The summed E-state index contributed by atoms with van der Waals surface area (Å²) in [6.07, 6.45) is 4.45. The lowest BCUT2D eigenvalue weighted by Crippen LogP contribution is -2.48. The Morgan fingerprint density at radius 2 is 1.58 bits per heavy atom. The van der Waals surface area contributed by atoms with E-state index in [-0.39, 0.29) is 0 Å². The predicted octanol–water partition coefficient (Wildman–Crippen LogP) is 1.92. The number of allylic oxidation sites excluding steroid dienone is 2. The molecule has 104 valence electrons. The van der Waals surface area contributed by atoms with Gasteiger partial charge in [0.05, 0.1) is 0 Å². The second-order valence-corrected chi connectivity index (χ2v) is 5.37. The Kier molecular flexibility index (Phi) is 3.98. The fraction of sp³-hybridized carbons (Fsp3) is 0.500. The summed E-state index contributed by atoms with van der Waals surface area (Å²) >= 11 is 0. The molecule has 0 spiro atoms.